The second-order valence-corrected chi connectivity index (χ2v) is 5.36. The summed E-state index contributed by atoms with van der Waals surface area (Å²) < 4.78 is 5.48. The molecule has 6 nitrogen and oxygen atoms in total. The van der Waals surface area contributed by atoms with E-state index in [4.69, 9.17) is 9.84 Å². The van der Waals surface area contributed by atoms with Crippen LogP contribution >= 0.6 is 0 Å². The average Bonchev–Trinajstić information content (AvgIpc) is 2.83. The first-order valence-corrected chi connectivity index (χ1v) is 7.74. The van der Waals surface area contributed by atoms with E-state index in [1.807, 2.05) is 43.3 Å². The summed E-state index contributed by atoms with van der Waals surface area (Å²) in [5.74, 6) is -0.0378. The summed E-state index contributed by atoms with van der Waals surface area (Å²) in [6, 6.07) is 11.5. The van der Waals surface area contributed by atoms with Gasteiger partial charge in [-0.05, 0) is 42.0 Å². The molecule has 0 saturated heterocycles. The van der Waals surface area contributed by atoms with Gasteiger partial charge >= 0.3 is 0 Å². The van der Waals surface area contributed by atoms with Gasteiger partial charge in [-0.1, -0.05) is 12.1 Å². The molecule has 1 aliphatic heterocycles. The van der Waals surface area contributed by atoms with E-state index in [0.29, 0.717) is 12.3 Å². The van der Waals surface area contributed by atoms with Crippen molar-refractivity contribution in [2.45, 2.75) is 6.92 Å². The number of fused-ring (bicyclic) bond motifs is 1. The van der Waals surface area contributed by atoms with Crippen LogP contribution in [0, 0.1) is 0 Å². The van der Waals surface area contributed by atoms with Crippen molar-refractivity contribution in [1.82, 2.24) is 4.90 Å². The van der Waals surface area contributed by atoms with Crippen molar-refractivity contribution in [1.29, 1.82) is 0 Å². The molecule has 2 aromatic rings. The first-order valence-electron chi connectivity index (χ1n) is 7.74. The van der Waals surface area contributed by atoms with Gasteiger partial charge in [-0.2, -0.15) is 0 Å². The number of ether oxygens (including phenoxy) is 1. The van der Waals surface area contributed by atoms with Crippen LogP contribution in [0.15, 0.2) is 48.2 Å². The molecular weight excluding hydrogens is 308 g/mol. The highest BCUT2D eigenvalue weighted by molar-refractivity contribution is 6.17. The summed E-state index contributed by atoms with van der Waals surface area (Å²) in [6.07, 6.45) is 1.25. The zero-order valence-corrected chi connectivity index (χ0v) is 13.3. The number of aliphatic hydroxyl groups is 1. The number of anilines is 1. The highest BCUT2D eigenvalue weighted by Gasteiger charge is 2.30. The summed E-state index contributed by atoms with van der Waals surface area (Å²) in [4.78, 5) is 24.9. The zero-order valence-electron chi connectivity index (χ0n) is 13.3. The lowest BCUT2D eigenvalue weighted by Crippen LogP contribution is -2.34. The first-order chi connectivity index (χ1) is 11.6. The molecular formula is C18H18N2O4. The van der Waals surface area contributed by atoms with Crippen molar-refractivity contribution in [2.24, 2.45) is 0 Å². The van der Waals surface area contributed by atoms with Gasteiger partial charge in [-0.25, -0.2) is 0 Å². The minimum Gasteiger partial charge on any atom is -0.494 e. The number of carbonyl (C=O) groups is 2. The molecule has 24 heavy (non-hydrogen) atoms. The molecule has 0 fully saturated rings. The van der Waals surface area contributed by atoms with E-state index in [0.717, 1.165) is 21.4 Å². The van der Waals surface area contributed by atoms with Crippen molar-refractivity contribution in [3.63, 3.8) is 0 Å². The number of benzene rings is 2. The van der Waals surface area contributed by atoms with Gasteiger partial charge in [-0.15, -0.1) is 0 Å². The number of hydrogen-bond acceptors (Lipinski definition) is 5. The predicted molar refractivity (Wildman–Crippen MR) is 90.6 cm³/mol. The number of rotatable bonds is 6. The Bertz CT molecular complexity index is 829. The van der Waals surface area contributed by atoms with E-state index in [1.54, 1.807) is 0 Å². The van der Waals surface area contributed by atoms with Crippen molar-refractivity contribution >= 4 is 28.3 Å². The number of amides is 2. The molecule has 2 amide bonds. The van der Waals surface area contributed by atoms with Crippen LogP contribution in [0.4, 0.5) is 5.69 Å². The van der Waals surface area contributed by atoms with Gasteiger partial charge in [0.1, 0.15) is 11.4 Å². The van der Waals surface area contributed by atoms with Gasteiger partial charge in [0.15, 0.2) is 0 Å². The molecule has 0 unspecified atom stereocenters. The van der Waals surface area contributed by atoms with Crippen LogP contribution in [0.3, 0.4) is 0 Å². The molecule has 1 aliphatic rings. The Labute approximate surface area is 139 Å². The average molecular weight is 326 g/mol. The van der Waals surface area contributed by atoms with Crippen LogP contribution in [0.1, 0.15) is 6.92 Å². The van der Waals surface area contributed by atoms with E-state index in [1.165, 1.54) is 6.08 Å². The fourth-order valence-corrected chi connectivity index (χ4v) is 2.62. The largest absolute Gasteiger partial charge is 0.494 e. The van der Waals surface area contributed by atoms with Gasteiger partial charge in [0.05, 0.1) is 19.8 Å². The lowest BCUT2D eigenvalue weighted by Gasteiger charge is -2.13. The Morgan fingerprint density at radius 1 is 1.12 bits per heavy atom. The highest BCUT2D eigenvalue weighted by atomic mass is 16.5. The van der Waals surface area contributed by atoms with E-state index in [9.17, 15) is 9.59 Å². The number of nitrogens with one attached hydrogen (secondary N) is 1. The quantitative estimate of drug-likeness (QED) is 0.793. The van der Waals surface area contributed by atoms with Gasteiger partial charge in [0.2, 0.25) is 0 Å². The molecule has 0 aliphatic carbocycles. The second kappa shape index (κ2) is 6.72. The third-order valence-corrected chi connectivity index (χ3v) is 3.73. The molecule has 124 valence electrons. The smallest absolute Gasteiger partial charge is 0.277 e. The van der Waals surface area contributed by atoms with Gasteiger partial charge in [0.25, 0.3) is 11.8 Å². The van der Waals surface area contributed by atoms with Crippen LogP contribution in [-0.4, -0.2) is 41.6 Å². The first kappa shape index (κ1) is 16.0. The third kappa shape index (κ3) is 3.09. The monoisotopic (exact) mass is 326 g/mol. The zero-order chi connectivity index (χ0) is 17.1. The Morgan fingerprint density at radius 3 is 2.62 bits per heavy atom. The van der Waals surface area contributed by atoms with Crippen LogP contribution in [0.25, 0.3) is 10.8 Å². The molecule has 1 heterocycles. The van der Waals surface area contributed by atoms with E-state index in [-0.39, 0.29) is 18.8 Å². The molecule has 3 rings (SSSR count). The predicted octanol–water partition coefficient (Wildman–Crippen LogP) is 1.90. The fraction of sp³-hybridized carbons (Fsp3) is 0.222. The molecule has 0 spiro atoms. The van der Waals surface area contributed by atoms with Crippen LogP contribution in [0.2, 0.25) is 0 Å². The molecule has 2 aromatic carbocycles. The molecule has 0 radical (unpaired) electrons. The second-order valence-electron chi connectivity index (χ2n) is 5.36. The number of β-amino-alcohol motifs (C(OH)–C–C–N with tert-alkyl or cyclic N) is 1. The van der Waals surface area contributed by atoms with Gasteiger partial charge < -0.3 is 15.2 Å². The number of carbonyl (C=O) groups excluding carboxylic acids is 2. The molecule has 0 aromatic heterocycles. The maximum absolute atomic E-state index is 12.1. The van der Waals surface area contributed by atoms with Crippen LogP contribution in [-0.2, 0) is 9.59 Å². The lowest BCUT2D eigenvalue weighted by molar-refractivity contribution is -0.137. The van der Waals surface area contributed by atoms with Crippen molar-refractivity contribution in [3.05, 3.63) is 48.2 Å². The Balaban J connectivity index is 1.81. The van der Waals surface area contributed by atoms with E-state index in [2.05, 4.69) is 5.32 Å². The Kier molecular flexibility index (Phi) is 4.48. The summed E-state index contributed by atoms with van der Waals surface area (Å²) in [5.41, 5.74) is 0.920. The molecule has 6 heteroatoms. The topological polar surface area (TPSA) is 78.9 Å². The number of imide groups is 1. The van der Waals surface area contributed by atoms with Crippen molar-refractivity contribution in [3.8, 4) is 5.75 Å². The van der Waals surface area contributed by atoms with Crippen LogP contribution in [0.5, 0.6) is 5.75 Å². The van der Waals surface area contributed by atoms with Gasteiger partial charge in [-0.3, -0.25) is 14.5 Å². The van der Waals surface area contributed by atoms with E-state index >= 15 is 0 Å². The number of nitrogens with zero attached hydrogens (tertiary/aromatic N) is 1. The molecule has 2 N–H and O–H groups in total. The summed E-state index contributed by atoms with van der Waals surface area (Å²) >= 11 is 0. The minimum absolute atomic E-state index is 0.00271. The number of aliphatic hydroxyl groups excluding tert-OH is 1. The minimum atomic E-state index is -0.430. The maximum atomic E-state index is 12.1. The van der Waals surface area contributed by atoms with Crippen molar-refractivity contribution in [2.75, 3.05) is 25.1 Å². The third-order valence-electron chi connectivity index (χ3n) is 3.73. The molecule has 0 saturated carbocycles. The molecule has 0 bridgehead atoms. The highest BCUT2D eigenvalue weighted by Crippen LogP contribution is 2.25. The van der Waals surface area contributed by atoms with E-state index < -0.39 is 11.8 Å². The Morgan fingerprint density at radius 2 is 1.88 bits per heavy atom. The summed E-state index contributed by atoms with van der Waals surface area (Å²) in [5, 5.41) is 13.9. The summed E-state index contributed by atoms with van der Waals surface area (Å²) in [7, 11) is 0. The van der Waals surface area contributed by atoms with Crippen LogP contribution < -0.4 is 10.1 Å². The standard InChI is InChI=1S/C18H18N2O4/c1-2-24-15-6-4-12-9-14(5-3-13(12)10-15)19-16-11-17(22)20(7-8-21)18(16)23/h3-6,9-11,19,21H,2,7-8H2,1H3. The number of hydrogen-bond donors (Lipinski definition) is 2. The molecule has 0 atom stereocenters. The fourth-order valence-electron chi connectivity index (χ4n) is 2.62. The summed E-state index contributed by atoms with van der Waals surface area (Å²) in [6.45, 7) is 2.29. The Hall–Kier alpha value is -2.86. The SMILES string of the molecule is CCOc1ccc2cc(NC3=CC(=O)N(CCO)C3=O)ccc2c1. The van der Waals surface area contributed by atoms with Crippen molar-refractivity contribution < 1.29 is 19.4 Å². The van der Waals surface area contributed by atoms with Gasteiger partial charge in [0, 0.05) is 11.8 Å². The maximum Gasteiger partial charge on any atom is 0.277 e. The normalized spacial score (nSPS) is 14.2. The lowest BCUT2D eigenvalue weighted by atomic mass is 10.1.